The maximum absolute atomic E-state index is 12.4. The van der Waals surface area contributed by atoms with E-state index in [1.807, 2.05) is 0 Å². The van der Waals surface area contributed by atoms with Gasteiger partial charge in [-0.25, -0.2) is 8.42 Å². The smallest absolute Gasteiger partial charge is 0.263 e. The summed E-state index contributed by atoms with van der Waals surface area (Å²) in [7, 11) is -2.03. The third-order valence-electron chi connectivity index (χ3n) is 2.82. The van der Waals surface area contributed by atoms with Crippen LogP contribution in [0.15, 0.2) is 27.6 Å². The highest BCUT2D eigenvalue weighted by Crippen LogP contribution is 2.27. The molecule has 0 radical (unpaired) electrons. The van der Waals surface area contributed by atoms with Gasteiger partial charge in [0.15, 0.2) is 0 Å². The Balaban J connectivity index is 2.46. The molecule has 0 aliphatic heterocycles. The molecule has 0 unspecified atom stereocenters. The van der Waals surface area contributed by atoms with Gasteiger partial charge in [0.05, 0.1) is 10.6 Å². The van der Waals surface area contributed by atoms with Crippen molar-refractivity contribution < 1.29 is 8.42 Å². The number of aromatic nitrogens is 2. The molecule has 8 heteroatoms. The first-order valence-corrected chi connectivity index (χ1v) is 8.07. The molecule has 3 N–H and O–H groups in total. The van der Waals surface area contributed by atoms with Crippen LogP contribution in [-0.2, 0) is 17.1 Å². The van der Waals surface area contributed by atoms with Gasteiger partial charge in [-0.1, -0.05) is 0 Å². The maximum atomic E-state index is 12.4. The van der Waals surface area contributed by atoms with Gasteiger partial charge in [-0.05, 0) is 47.5 Å². The van der Waals surface area contributed by atoms with Gasteiger partial charge in [0.1, 0.15) is 5.82 Å². The number of nitrogens with one attached hydrogen (secondary N) is 1. The lowest BCUT2D eigenvalue weighted by atomic mass is 10.2. The number of hydrogen-bond donors (Lipinski definition) is 2. The Kier molecular flexibility index (Phi) is 3.79. The highest BCUT2D eigenvalue weighted by Gasteiger charge is 2.20. The Hall–Kier alpha value is -1.54. The summed E-state index contributed by atoms with van der Waals surface area (Å²) in [5, 5.41) is 4.10. The fourth-order valence-electron chi connectivity index (χ4n) is 1.86. The normalized spacial score (nSPS) is 11.6. The molecule has 0 aliphatic carbocycles. The van der Waals surface area contributed by atoms with E-state index in [0.717, 1.165) is 5.69 Å². The van der Waals surface area contributed by atoms with Gasteiger partial charge in [-0.2, -0.15) is 5.10 Å². The van der Waals surface area contributed by atoms with Crippen LogP contribution in [0.3, 0.4) is 0 Å². The highest BCUT2D eigenvalue weighted by atomic mass is 79.9. The fourth-order valence-corrected chi connectivity index (χ4v) is 3.66. The number of nitrogen functional groups attached to an aromatic ring is 1. The molecule has 1 aromatic carbocycles. The van der Waals surface area contributed by atoms with Gasteiger partial charge in [0, 0.05) is 23.3 Å². The number of sulfonamides is 1. The van der Waals surface area contributed by atoms with Crippen molar-refractivity contribution in [2.24, 2.45) is 7.05 Å². The lowest BCUT2D eigenvalue weighted by Crippen LogP contribution is -2.16. The quantitative estimate of drug-likeness (QED) is 0.822. The van der Waals surface area contributed by atoms with Crippen molar-refractivity contribution in [3.05, 3.63) is 33.9 Å². The molecule has 1 heterocycles. The fraction of sp³-hybridized carbons (Fsp3) is 0.250. The number of aryl methyl sites for hydroxylation is 3. The Morgan fingerprint density at radius 1 is 1.30 bits per heavy atom. The minimum atomic E-state index is -3.70. The van der Waals surface area contributed by atoms with Crippen molar-refractivity contribution in [1.82, 2.24) is 9.78 Å². The van der Waals surface area contributed by atoms with Crippen LogP contribution in [0.1, 0.15) is 11.3 Å². The van der Waals surface area contributed by atoms with Crippen LogP contribution in [0.25, 0.3) is 0 Å². The molecule has 108 valence electrons. The number of hydrogen-bond acceptors (Lipinski definition) is 4. The van der Waals surface area contributed by atoms with Crippen LogP contribution in [-0.4, -0.2) is 18.2 Å². The van der Waals surface area contributed by atoms with E-state index in [1.165, 1.54) is 10.7 Å². The molecule has 1 aromatic heterocycles. The molecule has 2 aromatic rings. The third kappa shape index (κ3) is 2.80. The van der Waals surface area contributed by atoms with E-state index in [9.17, 15) is 8.42 Å². The van der Waals surface area contributed by atoms with Crippen molar-refractivity contribution in [1.29, 1.82) is 0 Å². The molecule has 2 rings (SSSR count). The van der Waals surface area contributed by atoms with E-state index < -0.39 is 10.0 Å². The SMILES string of the molecule is Cc1cc(NS(=O)(=O)c2cc(N)c(Br)cc2C)n(C)n1. The first-order chi connectivity index (χ1) is 9.20. The Labute approximate surface area is 126 Å². The summed E-state index contributed by atoms with van der Waals surface area (Å²) in [6, 6.07) is 4.78. The first-order valence-electron chi connectivity index (χ1n) is 5.80. The van der Waals surface area contributed by atoms with Crippen LogP contribution < -0.4 is 10.5 Å². The molecule has 0 fully saturated rings. The molecule has 6 nitrogen and oxygen atoms in total. The van der Waals surface area contributed by atoms with Crippen LogP contribution in [0.2, 0.25) is 0 Å². The second-order valence-electron chi connectivity index (χ2n) is 4.54. The standard InChI is InChI=1S/C12H15BrN4O2S/c1-7-4-9(13)10(14)6-11(7)20(18,19)16-12-5-8(2)15-17(12)3/h4-6,16H,14H2,1-3H3. The second kappa shape index (κ2) is 5.10. The third-order valence-corrected chi connectivity index (χ3v) is 5.01. The second-order valence-corrected chi connectivity index (χ2v) is 7.04. The Bertz CT molecular complexity index is 768. The summed E-state index contributed by atoms with van der Waals surface area (Å²) in [4.78, 5) is 0.150. The summed E-state index contributed by atoms with van der Waals surface area (Å²) >= 11 is 3.27. The average Bonchev–Trinajstić information content (AvgIpc) is 2.61. The predicted octanol–water partition coefficient (Wildman–Crippen LogP) is 2.18. The van der Waals surface area contributed by atoms with Gasteiger partial charge < -0.3 is 5.73 Å². The number of anilines is 2. The minimum Gasteiger partial charge on any atom is -0.398 e. The highest BCUT2D eigenvalue weighted by molar-refractivity contribution is 9.10. The summed E-state index contributed by atoms with van der Waals surface area (Å²) in [5.74, 6) is 0.406. The van der Waals surface area contributed by atoms with Crippen molar-refractivity contribution >= 4 is 37.5 Å². The molecule has 0 atom stereocenters. The lowest BCUT2D eigenvalue weighted by Gasteiger charge is -2.11. The molecule has 0 bridgehead atoms. The molecule has 0 spiro atoms. The van der Waals surface area contributed by atoms with Gasteiger partial charge in [0.25, 0.3) is 10.0 Å². The summed E-state index contributed by atoms with van der Waals surface area (Å²) in [6.07, 6.45) is 0. The van der Waals surface area contributed by atoms with Crippen molar-refractivity contribution in [2.75, 3.05) is 10.5 Å². The van der Waals surface area contributed by atoms with Crippen LogP contribution in [0, 0.1) is 13.8 Å². The monoisotopic (exact) mass is 358 g/mol. The molecule has 20 heavy (non-hydrogen) atoms. The topological polar surface area (TPSA) is 90.0 Å². The van der Waals surface area contributed by atoms with E-state index in [1.54, 1.807) is 33.0 Å². The zero-order chi connectivity index (χ0) is 15.1. The molecular weight excluding hydrogens is 344 g/mol. The lowest BCUT2D eigenvalue weighted by molar-refractivity contribution is 0.599. The molecule has 0 aliphatic rings. The number of benzene rings is 1. The van der Waals surface area contributed by atoms with E-state index in [-0.39, 0.29) is 4.90 Å². The van der Waals surface area contributed by atoms with Crippen molar-refractivity contribution in [3.63, 3.8) is 0 Å². The Morgan fingerprint density at radius 3 is 2.50 bits per heavy atom. The summed E-state index contributed by atoms with van der Waals surface area (Å²) in [6.45, 7) is 3.51. The molecular formula is C12H15BrN4O2S. The first kappa shape index (κ1) is 14.9. The molecule has 0 saturated carbocycles. The van der Waals surface area contributed by atoms with Crippen LogP contribution >= 0.6 is 15.9 Å². The van der Waals surface area contributed by atoms with Gasteiger partial charge in [-0.15, -0.1) is 0 Å². The number of nitrogens with two attached hydrogens (primary N) is 1. The zero-order valence-electron chi connectivity index (χ0n) is 11.3. The van der Waals surface area contributed by atoms with Gasteiger partial charge in [0.2, 0.25) is 0 Å². The summed E-state index contributed by atoms with van der Waals surface area (Å²) in [5.41, 5.74) is 7.47. The van der Waals surface area contributed by atoms with Crippen molar-refractivity contribution in [2.45, 2.75) is 18.7 Å². The number of rotatable bonds is 3. The Morgan fingerprint density at radius 2 is 1.95 bits per heavy atom. The summed E-state index contributed by atoms with van der Waals surface area (Å²) < 4.78 is 29.5. The minimum absolute atomic E-state index is 0.150. The maximum Gasteiger partial charge on any atom is 0.263 e. The van der Waals surface area contributed by atoms with Gasteiger partial charge >= 0.3 is 0 Å². The van der Waals surface area contributed by atoms with Gasteiger partial charge in [-0.3, -0.25) is 9.40 Å². The van der Waals surface area contributed by atoms with E-state index >= 15 is 0 Å². The van der Waals surface area contributed by atoms with Crippen LogP contribution in [0.5, 0.6) is 0 Å². The van der Waals surface area contributed by atoms with E-state index in [0.29, 0.717) is 21.5 Å². The van der Waals surface area contributed by atoms with E-state index in [2.05, 4.69) is 25.8 Å². The van der Waals surface area contributed by atoms with Crippen molar-refractivity contribution in [3.8, 4) is 0 Å². The molecule has 0 saturated heterocycles. The zero-order valence-corrected chi connectivity index (χ0v) is 13.7. The number of nitrogens with zero attached hydrogens (tertiary/aromatic N) is 2. The van der Waals surface area contributed by atoms with Crippen LogP contribution in [0.4, 0.5) is 11.5 Å². The number of halogens is 1. The average molecular weight is 359 g/mol. The predicted molar refractivity (Wildman–Crippen MR) is 82.0 cm³/mol. The molecule has 0 amide bonds. The largest absolute Gasteiger partial charge is 0.398 e. The van der Waals surface area contributed by atoms with E-state index in [4.69, 9.17) is 5.73 Å².